The zero-order valence-corrected chi connectivity index (χ0v) is 17.5. The molecule has 0 radical (unpaired) electrons. The Bertz CT molecular complexity index is 1290. The molecular weight excluding hydrogens is 403 g/mol. The van der Waals surface area contributed by atoms with Crippen molar-refractivity contribution in [3.05, 3.63) is 87.4 Å². The number of rotatable bonds is 4. The summed E-state index contributed by atoms with van der Waals surface area (Å²) in [5.41, 5.74) is 6.37. The molecule has 4 nitrogen and oxygen atoms in total. The van der Waals surface area contributed by atoms with Crippen LogP contribution >= 0.6 is 23.2 Å². The maximum absolute atomic E-state index is 9.73. The molecule has 0 aliphatic carbocycles. The highest BCUT2D eigenvalue weighted by Gasteiger charge is 2.13. The second kappa shape index (κ2) is 7.79. The lowest BCUT2D eigenvalue weighted by Crippen LogP contribution is -2.01. The van der Waals surface area contributed by atoms with E-state index in [9.17, 15) is 5.26 Å². The van der Waals surface area contributed by atoms with Gasteiger partial charge in [0, 0.05) is 22.0 Å². The van der Waals surface area contributed by atoms with Crippen LogP contribution in [0.2, 0.25) is 10.0 Å². The highest BCUT2D eigenvalue weighted by molar-refractivity contribution is 6.34. The first-order chi connectivity index (χ1) is 14.0. The van der Waals surface area contributed by atoms with Gasteiger partial charge >= 0.3 is 0 Å². The zero-order valence-electron chi connectivity index (χ0n) is 16.0. The van der Waals surface area contributed by atoms with Crippen LogP contribution in [0.3, 0.4) is 0 Å². The fourth-order valence-corrected chi connectivity index (χ4v) is 3.95. The lowest BCUT2D eigenvalue weighted by atomic mass is 10.1. The van der Waals surface area contributed by atoms with Gasteiger partial charge in [-0.1, -0.05) is 35.3 Å². The van der Waals surface area contributed by atoms with Crippen molar-refractivity contribution in [2.75, 3.05) is 0 Å². The van der Waals surface area contributed by atoms with Crippen LogP contribution in [-0.2, 0) is 6.54 Å². The van der Waals surface area contributed by atoms with Crippen molar-refractivity contribution in [1.82, 2.24) is 14.1 Å². The van der Waals surface area contributed by atoms with Gasteiger partial charge in [0.25, 0.3) is 0 Å². The number of nitriles is 1. The Hall–Kier alpha value is -3.00. The molecule has 0 N–H and O–H groups in total. The standard InChI is InChI=1S/C23H18Cl2N4/c1-15-9-18(16(2)29(15)23-11-19(24)7-8-20(23)25)10-17(12-26)13-28-14-27-21-5-3-4-6-22(21)28/h3-11,14H,13H2,1-2H3/b17-10-. The van der Waals surface area contributed by atoms with E-state index in [0.29, 0.717) is 22.2 Å². The molecule has 2 aromatic carbocycles. The molecule has 0 aliphatic rings. The van der Waals surface area contributed by atoms with Crippen LogP contribution in [-0.4, -0.2) is 14.1 Å². The van der Waals surface area contributed by atoms with Crippen molar-refractivity contribution < 1.29 is 0 Å². The van der Waals surface area contributed by atoms with Gasteiger partial charge in [-0.15, -0.1) is 0 Å². The number of benzene rings is 2. The number of hydrogen-bond donors (Lipinski definition) is 0. The molecule has 0 atom stereocenters. The average Bonchev–Trinajstić information content (AvgIpc) is 3.24. The van der Waals surface area contributed by atoms with Crippen molar-refractivity contribution in [1.29, 1.82) is 5.26 Å². The maximum Gasteiger partial charge on any atom is 0.0966 e. The summed E-state index contributed by atoms with van der Waals surface area (Å²) < 4.78 is 4.04. The van der Waals surface area contributed by atoms with Gasteiger partial charge in [0.2, 0.25) is 0 Å². The van der Waals surface area contributed by atoms with Crippen LogP contribution in [0.5, 0.6) is 0 Å². The number of hydrogen-bond acceptors (Lipinski definition) is 2. The molecule has 144 valence electrons. The number of para-hydroxylation sites is 2. The number of allylic oxidation sites excluding steroid dienone is 1. The summed E-state index contributed by atoms with van der Waals surface area (Å²) in [6, 6.07) is 17.7. The van der Waals surface area contributed by atoms with E-state index in [1.54, 1.807) is 18.5 Å². The molecule has 6 heteroatoms. The number of halogens is 2. The number of aryl methyl sites for hydroxylation is 1. The predicted molar refractivity (Wildman–Crippen MR) is 119 cm³/mol. The molecule has 2 heterocycles. The maximum atomic E-state index is 9.73. The summed E-state index contributed by atoms with van der Waals surface area (Å²) in [6.07, 6.45) is 3.69. The van der Waals surface area contributed by atoms with E-state index in [1.807, 2.05) is 54.8 Å². The van der Waals surface area contributed by atoms with Crippen molar-refractivity contribution in [3.63, 3.8) is 0 Å². The minimum Gasteiger partial charge on any atom is -0.325 e. The molecule has 0 saturated carbocycles. The van der Waals surface area contributed by atoms with Crippen LogP contribution < -0.4 is 0 Å². The van der Waals surface area contributed by atoms with Crippen LogP contribution in [0.15, 0.2) is 60.4 Å². The van der Waals surface area contributed by atoms with E-state index < -0.39 is 0 Å². The molecule has 4 aromatic rings. The summed E-state index contributed by atoms with van der Waals surface area (Å²) in [5, 5.41) is 11.0. The third-order valence-corrected chi connectivity index (χ3v) is 5.52. The molecule has 0 unspecified atom stereocenters. The van der Waals surface area contributed by atoms with E-state index in [-0.39, 0.29) is 0 Å². The van der Waals surface area contributed by atoms with Crippen LogP contribution in [0.4, 0.5) is 0 Å². The van der Waals surface area contributed by atoms with Gasteiger partial charge in [0.05, 0.1) is 40.7 Å². The van der Waals surface area contributed by atoms with Gasteiger partial charge in [0.1, 0.15) is 0 Å². The van der Waals surface area contributed by atoms with E-state index in [4.69, 9.17) is 23.2 Å². The summed E-state index contributed by atoms with van der Waals surface area (Å²) in [6.45, 7) is 4.48. The van der Waals surface area contributed by atoms with Crippen LogP contribution in [0, 0.1) is 25.2 Å². The van der Waals surface area contributed by atoms with Gasteiger partial charge in [-0.2, -0.15) is 5.26 Å². The third kappa shape index (κ3) is 3.67. The normalized spacial score (nSPS) is 11.8. The average molecular weight is 421 g/mol. The third-order valence-electron chi connectivity index (χ3n) is 4.96. The van der Waals surface area contributed by atoms with E-state index >= 15 is 0 Å². The Morgan fingerprint density at radius 3 is 2.72 bits per heavy atom. The second-order valence-electron chi connectivity index (χ2n) is 6.90. The second-order valence-corrected chi connectivity index (χ2v) is 7.74. The molecule has 0 spiro atoms. The lowest BCUT2D eigenvalue weighted by molar-refractivity contribution is 0.830. The fraction of sp³-hybridized carbons (Fsp3) is 0.130. The topological polar surface area (TPSA) is 46.5 Å². The molecular formula is C23H18Cl2N4. The number of nitrogens with zero attached hydrogens (tertiary/aromatic N) is 4. The van der Waals surface area contributed by atoms with Crippen LogP contribution in [0.25, 0.3) is 22.8 Å². The number of imidazole rings is 1. The Labute approximate surface area is 179 Å². The molecule has 2 aromatic heterocycles. The minimum absolute atomic E-state index is 0.457. The van der Waals surface area contributed by atoms with Gasteiger partial charge in [-0.3, -0.25) is 0 Å². The Balaban J connectivity index is 1.74. The zero-order chi connectivity index (χ0) is 20.5. The smallest absolute Gasteiger partial charge is 0.0966 e. The first-order valence-corrected chi connectivity index (χ1v) is 9.88. The first kappa shape index (κ1) is 19.3. The van der Waals surface area contributed by atoms with Gasteiger partial charge < -0.3 is 9.13 Å². The van der Waals surface area contributed by atoms with Crippen molar-refractivity contribution in [3.8, 4) is 11.8 Å². The fourth-order valence-electron chi connectivity index (χ4n) is 3.58. The summed E-state index contributed by atoms with van der Waals surface area (Å²) in [4.78, 5) is 4.40. The van der Waals surface area contributed by atoms with Gasteiger partial charge in [-0.25, -0.2) is 4.98 Å². The molecule has 0 bridgehead atoms. The van der Waals surface area contributed by atoms with Crippen molar-refractivity contribution in [2.45, 2.75) is 20.4 Å². The molecule has 4 rings (SSSR count). The minimum atomic E-state index is 0.457. The molecule has 0 fully saturated rings. The van der Waals surface area contributed by atoms with Crippen LogP contribution in [0.1, 0.15) is 17.0 Å². The van der Waals surface area contributed by atoms with Gasteiger partial charge in [-0.05, 0) is 61.9 Å². The van der Waals surface area contributed by atoms with E-state index in [2.05, 4.69) is 21.7 Å². The quantitative estimate of drug-likeness (QED) is 0.360. The summed E-state index contributed by atoms with van der Waals surface area (Å²) in [7, 11) is 0. The molecule has 0 aliphatic heterocycles. The van der Waals surface area contributed by atoms with E-state index in [1.165, 1.54) is 0 Å². The number of aromatic nitrogens is 3. The monoisotopic (exact) mass is 420 g/mol. The Morgan fingerprint density at radius 2 is 1.93 bits per heavy atom. The highest BCUT2D eigenvalue weighted by Crippen LogP contribution is 2.30. The lowest BCUT2D eigenvalue weighted by Gasteiger charge is -2.12. The predicted octanol–water partition coefficient (Wildman–Crippen LogP) is 6.36. The molecule has 29 heavy (non-hydrogen) atoms. The highest BCUT2D eigenvalue weighted by atomic mass is 35.5. The summed E-state index contributed by atoms with van der Waals surface area (Å²) >= 11 is 12.6. The summed E-state index contributed by atoms with van der Waals surface area (Å²) in [5.74, 6) is 0. The SMILES string of the molecule is Cc1cc(/C=C(/C#N)Cn2cnc3ccccc32)c(C)n1-c1cc(Cl)ccc1Cl. The van der Waals surface area contributed by atoms with Crippen molar-refractivity contribution >= 4 is 40.3 Å². The van der Waals surface area contributed by atoms with Gasteiger partial charge in [0.15, 0.2) is 0 Å². The Kier molecular flexibility index (Phi) is 5.19. The largest absolute Gasteiger partial charge is 0.325 e. The van der Waals surface area contributed by atoms with Crippen molar-refractivity contribution in [2.24, 2.45) is 0 Å². The first-order valence-electron chi connectivity index (χ1n) is 9.13. The molecule has 0 saturated heterocycles. The Morgan fingerprint density at radius 1 is 1.14 bits per heavy atom. The van der Waals surface area contributed by atoms with E-state index in [0.717, 1.165) is 33.7 Å². The molecule has 0 amide bonds. The number of fused-ring (bicyclic) bond motifs is 1.